The molecule has 2 saturated carbocycles. The molecule has 4 heterocycles. The fourth-order valence-corrected chi connectivity index (χ4v) is 8.08. The second kappa shape index (κ2) is 13.7. The quantitative estimate of drug-likeness (QED) is 0.251. The molecule has 0 spiro atoms. The number of hydrogen-bond acceptors (Lipinski definition) is 7. The minimum absolute atomic E-state index is 0.00970. The number of hydrogen-bond donors (Lipinski definition) is 4. The summed E-state index contributed by atoms with van der Waals surface area (Å²) in [7, 11) is 1.29. The van der Waals surface area contributed by atoms with E-state index < -0.39 is 12.1 Å². The SMILES string of the molecule is COC(=O)N[C@@H](C)C(=O)N1CCC[C@H]1c1ncc(-c2ccc(C3CCC(c4cnc([C@@H]5CCCN5C(=O)[C@@H](N)C5CC5)[nH]4)CC3)cc2)[nH]1. The van der Waals surface area contributed by atoms with Crippen molar-refractivity contribution in [2.24, 2.45) is 11.7 Å². The highest BCUT2D eigenvalue weighted by Crippen LogP contribution is 2.42. The number of aromatic nitrogens is 4. The average Bonchev–Trinajstić information content (AvgIpc) is 3.58. The summed E-state index contributed by atoms with van der Waals surface area (Å²) in [6, 6.07) is 7.59. The topological polar surface area (TPSA) is 162 Å². The largest absolute Gasteiger partial charge is 0.453 e. The molecule has 0 radical (unpaired) electrons. The Morgan fingerprint density at radius 1 is 0.833 bits per heavy atom. The van der Waals surface area contributed by atoms with E-state index in [4.69, 9.17) is 10.7 Å². The van der Waals surface area contributed by atoms with E-state index in [1.807, 2.05) is 17.3 Å². The number of likely N-dealkylation sites (tertiary alicyclic amines) is 2. The fraction of sp³-hybridized carbons (Fsp3) is 0.583. The van der Waals surface area contributed by atoms with Crippen LogP contribution in [0.15, 0.2) is 36.7 Å². The van der Waals surface area contributed by atoms with Gasteiger partial charge in [0.25, 0.3) is 0 Å². The first-order valence-electron chi connectivity index (χ1n) is 17.7. The number of nitrogens with two attached hydrogens (primary N) is 1. The third-order valence-electron chi connectivity index (χ3n) is 11.1. The number of ether oxygens (including phenoxy) is 1. The molecule has 48 heavy (non-hydrogen) atoms. The highest BCUT2D eigenvalue weighted by Gasteiger charge is 2.40. The molecule has 4 aliphatic rings. The van der Waals surface area contributed by atoms with Crippen LogP contribution in [0, 0.1) is 5.92 Å². The summed E-state index contributed by atoms with van der Waals surface area (Å²) in [6.45, 7) is 3.06. The lowest BCUT2D eigenvalue weighted by atomic mass is 9.77. The van der Waals surface area contributed by atoms with Crippen LogP contribution in [-0.2, 0) is 14.3 Å². The van der Waals surface area contributed by atoms with Crippen molar-refractivity contribution in [1.29, 1.82) is 0 Å². The minimum atomic E-state index is -0.678. The van der Waals surface area contributed by atoms with Crippen molar-refractivity contribution in [3.63, 3.8) is 0 Å². The molecule has 12 heteroatoms. The molecule has 2 saturated heterocycles. The Morgan fingerprint density at radius 3 is 2.08 bits per heavy atom. The van der Waals surface area contributed by atoms with Gasteiger partial charge in [0.2, 0.25) is 11.8 Å². The minimum Gasteiger partial charge on any atom is -0.453 e. The normalized spacial score (nSPS) is 25.6. The molecule has 2 aromatic heterocycles. The van der Waals surface area contributed by atoms with E-state index in [-0.39, 0.29) is 29.9 Å². The van der Waals surface area contributed by atoms with Crippen molar-refractivity contribution in [2.45, 2.75) is 107 Å². The van der Waals surface area contributed by atoms with E-state index in [9.17, 15) is 14.4 Å². The smallest absolute Gasteiger partial charge is 0.407 e. The highest BCUT2D eigenvalue weighted by atomic mass is 16.5. The number of methoxy groups -OCH3 is 1. The summed E-state index contributed by atoms with van der Waals surface area (Å²) in [5, 5.41) is 2.57. The Labute approximate surface area is 281 Å². The van der Waals surface area contributed by atoms with E-state index in [0.717, 1.165) is 93.7 Å². The first-order valence-corrected chi connectivity index (χ1v) is 17.7. The maximum atomic E-state index is 13.1. The molecule has 2 aliphatic heterocycles. The lowest BCUT2D eigenvalue weighted by Crippen LogP contribution is -2.46. The molecule has 2 aliphatic carbocycles. The van der Waals surface area contributed by atoms with E-state index in [2.05, 4.69) is 49.3 Å². The second-order valence-corrected chi connectivity index (χ2v) is 14.2. The maximum Gasteiger partial charge on any atom is 0.407 e. The molecule has 0 unspecified atom stereocenters. The summed E-state index contributed by atoms with van der Waals surface area (Å²) < 4.78 is 4.65. The lowest BCUT2D eigenvalue weighted by molar-refractivity contribution is -0.134. The van der Waals surface area contributed by atoms with Gasteiger partial charge in [0.05, 0.1) is 37.1 Å². The Balaban J connectivity index is 0.935. The number of H-pyrrole nitrogens is 2. The standard InChI is InChI=1S/C36H48N8O4/c1-21(40-36(47)48-2)34(45)43-17-3-5-29(43)32-38-19-27(41-32)24-11-7-22(8-12-24)23-9-13-25(14-10-23)28-20-39-33(42-28)30-6-4-18-44(30)35(46)31(37)26-15-16-26/h7-8,11-12,19-21,23,25-26,29-31H,3-6,9-10,13-18,37H2,1-2H3,(H,38,41)(H,39,42)(H,40,47)/t21-,23?,25?,29-,30-,31-/m0/s1. The number of alkyl carbamates (subject to hydrolysis) is 1. The number of carbonyl (C=O) groups is 3. The molecular formula is C36H48N8O4. The molecule has 0 bridgehead atoms. The van der Waals surface area contributed by atoms with Crippen molar-refractivity contribution in [1.82, 2.24) is 35.1 Å². The van der Waals surface area contributed by atoms with Gasteiger partial charge in [-0.2, -0.15) is 0 Å². The molecule has 4 atom stereocenters. The van der Waals surface area contributed by atoms with E-state index in [1.165, 1.54) is 18.4 Å². The Bertz CT molecular complexity index is 1610. The third-order valence-corrected chi connectivity index (χ3v) is 11.1. The van der Waals surface area contributed by atoms with E-state index >= 15 is 0 Å². The number of nitrogens with one attached hydrogen (secondary N) is 3. The van der Waals surface area contributed by atoms with Gasteiger partial charge >= 0.3 is 6.09 Å². The first-order chi connectivity index (χ1) is 23.3. The summed E-state index contributed by atoms with van der Waals surface area (Å²) in [6.07, 6.45) is 13.4. The van der Waals surface area contributed by atoms with E-state index in [0.29, 0.717) is 24.3 Å². The number of rotatable bonds is 9. The Hall–Kier alpha value is -4.19. The molecule has 1 aromatic carbocycles. The summed E-state index contributed by atoms with van der Waals surface area (Å²) in [5.74, 6) is 2.94. The molecule has 3 amide bonds. The zero-order valence-corrected chi connectivity index (χ0v) is 28.0. The van der Waals surface area contributed by atoms with Gasteiger partial charge in [0.15, 0.2) is 0 Å². The monoisotopic (exact) mass is 656 g/mol. The van der Waals surface area contributed by atoms with Gasteiger partial charge < -0.3 is 35.6 Å². The third kappa shape index (κ3) is 6.59. The Kier molecular flexibility index (Phi) is 9.26. The molecule has 4 fully saturated rings. The van der Waals surface area contributed by atoms with Crippen molar-refractivity contribution in [3.05, 3.63) is 59.6 Å². The van der Waals surface area contributed by atoms with Crippen LogP contribution in [-0.4, -0.2) is 79.9 Å². The number of aromatic amines is 2. The van der Waals surface area contributed by atoms with Gasteiger partial charge in [-0.15, -0.1) is 0 Å². The van der Waals surface area contributed by atoms with Crippen LogP contribution < -0.4 is 11.1 Å². The molecule has 12 nitrogen and oxygen atoms in total. The number of imidazole rings is 2. The zero-order valence-electron chi connectivity index (χ0n) is 28.0. The predicted octanol–water partition coefficient (Wildman–Crippen LogP) is 5.05. The maximum absolute atomic E-state index is 13.1. The van der Waals surface area contributed by atoms with Crippen molar-refractivity contribution >= 4 is 17.9 Å². The average molecular weight is 657 g/mol. The van der Waals surface area contributed by atoms with Crippen LogP contribution in [0.25, 0.3) is 11.3 Å². The molecule has 3 aromatic rings. The van der Waals surface area contributed by atoms with Crippen molar-refractivity contribution in [3.8, 4) is 11.3 Å². The van der Waals surface area contributed by atoms with Crippen LogP contribution in [0.3, 0.4) is 0 Å². The van der Waals surface area contributed by atoms with Gasteiger partial charge in [-0.05, 0) is 94.1 Å². The predicted molar refractivity (Wildman–Crippen MR) is 180 cm³/mol. The van der Waals surface area contributed by atoms with Gasteiger partial charge in [-0.3, -0.25) is 9.59 Å². The number of nitrogens with zero attached hydrogens (tertiary/aromatic N) is 4. The molecule has 256 valence electrons. The molecular weight excluding hydrogens is 608 g/mol. The van der Waals surface area contributed by atoms with Crippen molar-refractivity contribution in [2.75, 3.05) is 20.2 Å². The van der Waals surface area contributed by atoms with Crippen LogP contribution in [0.5, 0.6) is 0 Å². The van der Waals surface area contributed by atoms with Crippen LogP contribution in [0.1, 0.15) is 118 Å². The highest BCUT2D eigenvalue weighted by molar-refractivity contribution is 5.86. The first kappa shape index (κ1) is 32.4. The molecule has 5 N–H and O–H groups in total. The van der Waals surface area contributed by atoms with Gasteiger partial charge in [-0.25, -0.2) is 14.8 Å². The Morgan fingerprint density at radius 2 is 1.44 bits per heavy atom. The fourth-order valence-electron chi connectivity index (χ4n) is 8.08. The van der Waals surface area contributed by atoms with Crippen LogP contribution in [0.4, 0.5) is 4.79 Å². The van der Waals surface area contributed by atoms with Gasteiger partial charge in [-0.1, -0.05) is 24.3 Å². The van der Waals surface area contributed by atoms with Crippen LogP contribution >= 0.6 is 0 Å². The van der Waals surface area contributed by atoms with E-state index in [1.54, 1.807) is 11.8 Å². The summed E-state index contributed by atoms with van der Waals surface area (Å²) >= 11 is 0. The van der Waals surface area contributed by atoms with Crippen LogP contribution in [0.2, 0.25) is 0 Å². The van der Waals surface area contributed by atoms with Gasteiger partial charge in [0.1, 0.15) is 17.7 Å². The second-order valence-electron chi connectivity index (χ2n) is 14.2. The number of benzene rings is 1. The van der Waals surface area contributed by atoms with Crippen molar-refractivity contribution < 1.29 is 19.1 Å². The lowest BCUT2D eigenvalue weighted by Gasteiger charge is -2.28. The summed E-state index contributed by atoms with van der Waals surface area (Å²) in [5.41, 5.74) is 10.8. The zero-order chi connectivity index (χ0) is 33.4. The summed E-state index contributed by atoms with van der Waals surface area (Å²) in [4.78, 5) is 58.0. The number of carbonyl (C=O) groups excluding carboxylic acids is 3. The molecule has 7 rings (SSSR count). The van der Waals surface area contributed by atoms with Gasteiger partial charge in [0, 0.05) is 30.9 Å². The number of amides is 3.